The number of likely N-dealkylation sites (N-methyl/N-ethyl adjacent to an activating group) is 1. The van der Waals surface area contributed by atoms with E-state index in [4.69, 9.17) is 4.74 Å². The molecule has 0 radical (unpaired) electrons. The SMILES string of the molecule is COC(=O)CNC(=O)C(c1cc(C)cc(C)c1)N(C)C(=O)CNC(=O)OC(C)(C)C. The van der Waals surface area contributed by atoms with Crippen molar-refractivity contribution in [2.75, 3.05) is 27.2 Å². The summed E-state index contributed by atoms with van der Waals surface area (Å²) in [6.45, 7) is 8.22. The van der Waals surface area contributed by atoms with Crippen LogP contribution in [0, 0.1) is 13.8 Å². The Kier molecular flexibility index (Phi) is 8.82. The monoisotopic (exact) mass is 421 g/mol. The van der Waals surface area contributed by atoms with Crippen molar-refractivity contribution < 1.29 is 28.7 Å². The molecule has 166 valence electrons. The van der Waals surface area contributed by atoms with E-state index in [1.165, 1.54) is 19.1 Å². The van der Waals surface area contributed by atoms with Gasteiger partial charge in [0.25, 0.3) is 0 Å². The zero-order valence-electron chi connectivity index (χ0n) is 18.6. The number of carbonyl (C=O) groups excluding carboxylic acids is 4. The van der Waals surface area contributed by atoms with Gasteiger partial charge in [0.2, 0.25) is 11.8 Å². The molecule has 3 amide bonds. The molecule has 0 aromatic heterocycles. The van der Waals surface area contributed by atoms with Crippen LogP contribution in [0.1, 0.15) is 43.5 Å². The third-order valence-electron chi connectivity index (χ3n) is 4.01. The van der Waals surface area contributed by atoms with Crippen LogP contribution in [0.25, 0.3) is 0 Å². The van der Waals surface area contributed by atoms with Gasteiger partial charge in [0, 0.05) is 7.05 Å². The third-order valence-corrected chi connectivity index (χ3v) is 4.01. The van der Waals surface area contributed by atoms with Crippen LogP contribution in [-0.2, 0) is 23.9 Å². The first-order valence-corrected chi connectivity index (χ1v) is 9.49. The van der Waals surface area contributed by atoms with Crippen LogP contribution in [0.2, 0.25) is 0 Å². The molecular weight excluding hydrogens is 390 g/mol. The topological polar surface area (TPSA) is 114 Å². The highest BCUT2D eigenvalue weighted by atomic mass is 16.6. The number of benzene rings is 1. The van der Waals surface area contributed by atoms with Gasteiger partial charge in [-0.2, -0.15) is 0 Å². The van der Waals surface area contributed by atoms with Crippen molar-refractivity contribution in [3.63, 3.8) is 0 Å². The average Bonchev–Trinajstić information content (AvgIpc) is 2.61. The lowest BCUT2D eigenvalue weighted by molar-refractivity contribution is -0.143. The zero-order chi connectivity index (χ0) is 23.1. The first-order valence-electron chi connectivity index (χ1n) is 9.49. The largest absolute Gasteiger partial charge is 0.468 e. The van der Waals surface area contributed by atoms with Gasteiger partial charge in [-0.25, -0.2) is 4.79 Å². The molecule has 9 nitrogen and oxygen atoms in total. The fourth-order valence-electron chi connectivity index (χ4n) is 2.78. The normalized spacial score (nSPS) is 11.8. The molecule has 0 saturated heterocycles. The van der Waals surface area contributed by atoms with E-state index >= 15 is 0 Å². The number of methoxy groups -OCH3 is 1. The molecule has 1 atom stereocenters. The molecule has 1 aromatic rings. The van der Waals surface area contributed by atoms with Gasteiger partial charge < -0.3 is 25.0 Å². The number of hydrogen-bond acceptors (Lipinski definition) is 6. The van der Waals surface area contributed by atoms with Gasteiger partial charge in [-0.15, -0.1) is 0 Å². The average molecular weight is 421 g/mol. The van der Waals surface area contributed by atoms with Crippen LogP contribution in [0.4, 0.5) is 4.79 Å². The number of rotatable bonds is 7. The van der Waals surface area contributed by atoms with Crippen molar-refractivity contribution in [3.05, 3.63) is 34.9 Å². The summed E-state index contributed by atoms with van der Waals surface area (Å²) in [7, 11) is 2.67. The van der Waals surface area contributed by atoms with Crippen molar-refractivity contribution in [3.8, 4) is 0 Å². The number of aryl methyl sites for hydroxylation is 2. The van der Waals surface area contributed by atoms with Gasteiger partial charge in [0.05, 0.1) is 7.11 Å². The highest BCUT2D eigenvalue weighted by molar-refractivity contribution is 5.91. The Hall–Kier alpha value is -3.10. The van der Waals surface area contributed by atoms with Crippen molar-refractivity contribution in [1.82, 2.24) is 15.5 Å². The number of carbonyl (C=O) groups is 4. The summed E-state index contributed by atoms with van der Waals surface area (Å²) in [6.07, 6.45) is -0.734. The second-order valence-electron chi connectivity index (χ2n) is 7.98. The Morgan fingerprint density at radius 2 is 1.57 bits per heavy atom. The minimum Gasteiger partial charge on any atom is -0.468 e. The van der Waals surface area contributed by atoms with Crippen LogP contribution in [0.3, 0.4) is 0 Å². The number of esters is 1. The minimum absolute atomic E-state index is 0.325. The lowest BCUT2D eigenvalue weighted by Gasteiger charge is -2.28. The number of nitrogens with one attached hydrogen (secondary N) is 2. The third kappa shape index (κ3) is 8.10. The Balaban J connectivity index is 3.02. The van der Waals surface area contributed by atoms with Gasteiger partial charge in [-0.3, -0.25) is 14.4 Å². The molecule has 0 heterocycles. The molecule has 1 aromatic carbocycles. The molecule has 0 spiro atoms. The molecular formula is C21H31N3O6. The van der Waals surface area contributed by atoms with E-state index < -0.39 is 35.5 Å². The van der Waals surface area contributed by atoms with Crippen molar-refractivity contribution in [2.45, 2.75) is 46.3 Å². The van der Waals surface area contributed by atoms with Crippen LogP contribution in [0.15, 0.2) is 18.2 Å². The summed E-state index contributed by atoms with van der Waals surface area (Å²) >= 11 is 0. The molecule has 0 aliphatic rings. The van der Waals surface area contributed by atoms with E-state index in [1.807, 2.05) is 19.9 Å². The quantitative estimate of drug-likeness (QED) is 0.647. The maximum absolute atomic E-state index is 12.8. The summed E-state index contributed by atoms with van der Waals surface area (Å²) in [5, 5.41) is 4.87. The van der Waals surface area contributed by atoms with Gasteiger partial charge >= 0.3 is 12.1 Å². The smallest absolute Gasteiger partial charge is 0.408 e. The summed E-state index contributed by atoms with van der Waals surface area (Å²) < 4.78 is 9.66. The number of ether oxygens (including phenoxy) is 2. The summed E-state index contributed by atoms with van der Waals surface area (Å²) in [6, 6.07) is 4.53. The Morgan fingerprint density at radius 3 is 2.07 bits per heavy atom. The maximum atomic E-state index is 12.8. The molecule has 2 N–H and O–H groups in total. The lowest BCUT2D eigenvalue weighted by atomic mass is 9.99. The Labute approximate surface area is 177 Å². The fourth-order valence-corrected chi connectivity index (χ4v) is 2.78. The Bertz CT molecular complexity index is 780. The second kappa shape index (κ2) is 10.6. The van der Waals surface area contributed by atoms with E-state index in [-0.39, 0.29) is 13.1 Å². The highest BCUT2D eigenvalue weighted by Crippen LogP contribution is 2.23. The van der Waals surface area contributed by atoms with E-state index in [1.54, 1.807) is 32.9 Å². The summed E-state index contributed by atoms with van der Waals surface area (Å²) in [5.41, 5.74) is 1.73. The highest BCUT2D eigenvalue weighted by Gasteiger charge is 2.29. The van der Waals surface area contributed by atoms with Gasteiger partial charge in [-0.1, -0.05) is 29.3 Å². The van der Waals surface area contributed by atoms with Crippen molar-refractivity contribution in [2.24, 2.45) is 0 Å². The Morgan fingerprint density at radius 1 is 1.00 bits per heavy atom. The minimum atomic E-state index is -0.999. The number of alkyl carbamates (subject to hydrolysis) is 1. The molecule has 9 heteroatoms. The van der Waals surface area contributed by atoms with E-state index in [0.29, 0.717) is 5.56 Å². The van der Waals surface area contributed by atoms with Crippen LogP contribution < -0.4 is 10.6 Å². The van der Waals surface area contributed by atoms with E-state index in [0.717, 1.165) is 11.1 Å². The summed E-state index contributed by atoms with van der Waals surface area (Å²) in [4.78, 5) is 50.0. The molecule has 1 unspecified atom stereocenters. The molecule has 0 fully saturated rings. The van der Waals surface area contributed by atoms with Crippen molar-refractivity contribution in [1.29, 1.82) is 0 Å². The maximum Gasteiger partial charge on any atom is 0.408 e. The number of hydrogen-bond donors (Lipinski definition) is 2. The van der Waals surface area contributed by atoms with E-state index in [2.05, 4.69) is 15.4 Å². The second-order valence-corrected chi connectivity index (χ2v) is 7.98. The molecule has 30 heavy (non-hydrogen) atoms. The number of nitrogens with zero attached hydrogens (tertiary/aromatic N) is 1. The summed E-state index contributed by atoms with van der Waals surface area (Å²) in [5.74, 6) is -1.65. The predicted molar refractivity (Wildman–Crippen MR) is 111 cm³/mol. The molecule has 0 aliphatic carbocycles. The first kappa shape index (κ1) is 24.9. The van der Waals surface area contributed by atoms with Crippen LogP contribution >= 0.6 is 0 Å². The molecule has 0 bridgehead atoms. The van der Waals surface area contributed by atoms with Crippen LogP contribution in [-0.4, -0.2) is 61.6 Å². The van der Waals surface area contributed by atoms with E-state index in [9.17, 15) is 19.2 Å². The zero-order valence-corrected chi connectivity index (χ0v) is 18.6. The van der Waals surface area contributed by atoms with Gasteiger partial charge in [0.1, 0.15) is 24.7 Å². The number of amides is 3. The van der Waals surface area contributed by atoms with Gasteiger partial charge in [0.15, 0.2) is 0 Å². The molecule has 0 saturated carbocycles. The lowest BCUT2D eigenvalue weighted by Crippen LogP contribution is -2.46. The molecule has 0 aliphatic heterocycles. The standard InChI is InChI=1S/C21H31N3O6/c1-13-8-14(2)10-15(9-13)18(19(27)22-12-17(26)29-7)24(6)16(25)11-23-20(28)30-21(3,4)5/h8-10,18H,11-12H2,1-7H3,(H,22,27)(H,23,28). The van der Waals surface area contributed by atoms with Crippen LogP contribution in [0.5, 0.6) is 0 Å². The first-order chi connectivity index (χ1) is 13.8. The van der Waals surface area contributed by atoms with Crippen molar-refractivity contribution >= 4 is 23.9 Å². The van der Waals surface area contributed by atoms with Gasteiger partial charge in [-0.05, 0) is 40.2 Å². The molecule has 1 rings (SSSR count). The fraction of sp³-hybridized carbons (Fsp3) is 0.524. The predicted octanol–water partition coefficient (Wildman–Crippen LogP) is 1.62.